The summed E-state index contributed by atoms with van der Waals surface area (Å²) in [5.41, 5.74) is 0. The van der Waals surface area contributed by atoms with E-state index in [1.807, 2.05) is 32.0 Å². The number of hydrogen-bond donors (Lipinski definition) is 0. The molecule has 0 radical (unpaired) electrons. The van der Waals surface area contributed by atoms with Crippen molar-refractivity contribution in [3.8, 4) is 11.5 Å². The van der Waals surface area contributed by atoms with Crippen molar-refractivity contribution in [2.45, 2.75) is 26.6 Å². The highest BCUT2D eigenvalue weighted by molar-refractivity contribution is 9.10. The third-order valence-electron chi connectivity index (χ3n) is 2.46. The van der Waals surface area contributed by atoms with Crippen LogP contribution >= 0.6 is 15.9 Å². The molecular formula is C14H21BrO4. The highest BCUT2D eigenvalue weighted by atomic mass is 79.9. The minimum absolute atomic E-state index is 0.202. The number of methoxy groups -OCH3 is 1. The molecular weight excluding hydrogens is 312 g/mol. The third-order valence-corrected chi connectivity index (χ3v) is 3.07. The van der Waals surface area contributed by atoms with Gasteiger partial charge < -0.3 is 18.9 Å². The summed E-state index contributed by atoms with van der Waals surface area (Å²) < 4.78 is 22.6. The van der Waals surface area contributed by atoms with E-state index >= 15 is 0 Å². The van der Waals surface area contributed by atoms with Crippen LogP contribution in [-0.4, -0.2) is 33.2 Å². The Bertz CT molecular complexity index is 364. The summed E-state index contributed by atoms with van der Waals surface area (Å²) in [4.78, 5) is 0. The number of ether oxygens (including phenoxy) is 4. The fourth-order valence-corrected chi connectivity index (χ4v) is 2.05. The van der Waals surface area contributed by atoms with Crippen LogP contribution in [0.5, 0.6) is 11.5 Å². The van der Waals surface area contributed by atoms with Gasteiger partial charge in [0.15, 0.2) is 6.29 Å². The quantitative estimate of drug-likeness (QED) is 0.647. The summed E-state index contributed by atoms with van der Waals surface area (Å²) in [7, 11) is 1.64. The smallest absolute Gasteiger partial charge is 0.160 e. The Balaban J connectivity index is 2.43. The SMILES string of the molecule is CCOC(CCOc1ccc(OC)cc1Br)OCC. The van der Waals surface area contributed by atoms with Crippen molar-refractivity contribution in [2.75, 3.05) is 26.9 Å². The molecule has 4 nitrogen and oxygen atoms in total. The lowest BCUT2D eigenvalue weighted by Crippen LogP contribution is -2.20. The molecule has 0 amide bonds. The number of halogens is 1. The van der Waals surface area contributed by atoms with Gasteiger partial charge in [-0.2, -0.15) is 0 Å². The van der Waals surface area contributed by atoms with E-state index in [0.29, 0.717) is 26.2 Å². The molecule has 0 aliphatic rings. The molecule has 5 heteroatoms. The minimum atomic E-state index is -0.202. The molecule has 0 aromatic heterocycles. The molecule has 108 valence electrons. The van der Waals surface area contributed by atoms with Crippen LogP contribution in [0, 0.1) is 0 Å². The first-order valence-corrected chi connectivity index (χ1v) is 7.20. The molecule has 0 fully saturated rings. The van der Waals surface area contributed by atoms with Crippen molar-refractivity contribution in [1.82, 2.24) is 0 Å². The van der Waals surface area contributed by atoms with Crippen molar-refractivity contribution in [3.05, 3.63) is 22.7 Å². The first-order valence-electron chi connectivity index (χ1n) is 6.40. The molecule has 19 heavy (non-hydrogen) atoms. The van der Waals surface area contributed by atoms with Crippen LogP contribution in [0.25, 0.3) is 0 Å². The largest absolute Gasteiger partial charge is 0.497 e. The second-order valence-corrected chi connectivity index (χ2v) is 4.63. The second-order valence-electron chi connectivity index (χ2n) is 3.77. The van der Waals surface area contributed by atoms with E-state index in [-0.39, 0.29) is 6.29 Å². The van der Waals surface area contributed by atoms with Gasteiger partial charge in [0, 0.05) is 19.6 Å². The van der Waals surface area contributed by atoms with Gasteiger partial charge in [0.05, 0.1) is 18.2 Å². The number of rotatable bonds is 9. The molecule has 0 unspecified atom stereocenters. The van der Waals surface area contributed by atoms with Gasteiger partial charge in [-0.1, -0.05) is 0 Å². The van der Waals surface area contributed by atoms with Crippen LogP contribution < -0.4 is 9.47 Å². The standard InChI is InChI=1S/C14H21BrO4/c1-4-17-14(18-5-2)8-9-19-13-7-6-11(16-3)10-12(13)15/h6-7,10,14H,4-5,8-9H2,1-3H3. The molecule has 1 aromatic rings. The summed E-state index contributed by atoms with van der Waals surface area (Å²) in [6.45, 7) is 5.71. The van der Waals surface area contributed by atoms with Crippen molar-refractivity contribution < 1.29 is 18.9 Å². The molecule has 0 N–H and O–H groups in total. The Morgan fingerprint density at radius 1 is 1.16 bits per heavy atom. The van der Waals surface area contributed by atoms with Gasteiger partial charge in [-0.15, -0.1) is 0 Å². The first-order chi connectivity index (χ1) is 9.21. The van der Waals surface area contributed by atoms with E-state index in [0.717, 1.165) is 16.0 Å². The van der Waals surface area contributed by atoms with Gasteiger partial charge in [0.2, 0.25) is 0 Å². The Hall–Kier alpha value is -0.780. The van der Waals surface area contributed by atoms with Crippen LogP contribution in [0.1, 0.15) is 20.3 Å². The van der Waals surface area contributed by atoms with Crippen molar-refractivity contribution in [2.24, 2.45) is 0 Å². The van der Waals surface area contributed by atoms with E-state index in [9.17, 15) is 0 Å². The van der Waals surface area contributed by atoms with Crippen LogP contribution in [0.15, 0.2) is 22.7 Å². The van der Waals surface area contributed by atoms with Crippen molar-refractivity contribution >= 4 is 15.9 Å². The van der Waals surface area contributed by atoms with E-state index in [4.69, 9.17) is 18.9 Å². The lowest BCUT2D eigenvalue weighted by molar-refractivity contribution is -0.142. The topological polar surface area (TPSA) is 36.9 Å². The average molecular weight is 333 g/mol. The predicted octanol–water partition coefficient (Wildman–Crippen LogP) is 3.63. The lowest BCUT2D eigenvalue weighted by atomic mass is 10.3. The monoisotopic (exact) mass is 332 g/mol. The molecule has 0 atom stereocenters. The summed E-state index contributed by atoms with van der Waals surface area (Å²) in [5.74, 6) is 1.58. The fourth-order valence-electron chi connectivity index (χ4n) is 1.58. The van der Waals surface area contributed by atoms with Gasteiger partial charge >= 0.3 is 0 Å². The average Bonchev–Trinajstić information content (AvgIpc) is 2.41. The van der Waals surface area contributed by atoms with Crippen LogP contribution in [-0.2, 0) is 9.47 Å². The molecule has 0 heterocycles. The van der Waals surface area contributed by atoms with Gasteiger partial charge in [0.25, 0.3) is 0 Å². The van der Waals surface area contributed by atoms with Gasteiger partial charge in [-0.3, -0.25) is 0 Å². The molecule has 0 saturated carbocycles. The third kappa shape index (κ3) is 5.80. The Morgan fingerprint density at radius 3 is 2.37 bits per heavy atom. The summed E-state index contributed by atoms with van der Waals surface area (Å²) in [6.07, 6.45) is 0.493. The molecule has 1 aromatic carbocycles. The van der Waals surface area contributed by atoms with Crippen molar-refractivity contribution in [3.63, 3.8) is 0 Å². The van der Waals surface area contributed by atoms with Crippen molar-refractivity contribution in [1.29, 1.82) is 0 Å². The Morgan fingerprint density at radius 2 is 1.84 bits per heavy atom. The van der Waals surface area contributed by atoms with Gasteiger partial charge in [-0.25, -0.2) is 0 Å². The predicted molar refractivity (Wildman–Crippen MR) is 77.8 cm³/mol. The zero-order valence-electron chi connectivity index (χ0n) is 11.6. The lowest BCUT2D eigenvalue weighted by Gasteiger charge is -2.17. The molecule has 0 saturated heterocycles. The molecule has 0 bridgehead atoms. The van der Waals surface area contributed by atoms with E-state index in [2.05, 4.69) is 15.9 Å². The summed E-state index contributed by atoms with van der Waals surface area (Å²) in [6, 6.07) is 5.61. The zero-order valence-corrected chi connectivity index (χ0v) is 13.2. The molecule has 1 rings (SSSR count). The minimum Gasteiger partial charge on any atom is -0.497 e. The Labute approximate surface area is 123 Å². The summed E-state index contributed by atoms with van der Waals surface area (Å²) in [5, 5.41) is 0. The fraction of sp³-hybridized carbons (Fsp3) is 0.571. The zero-order chi connectivity index (χ0) is 14.1. The molecule has 0 spiro atoms. The number of hydrogen-bond acceptors (Lipinski definition) is 4. The van der Waals surface area contributed by atoms with E-state index < -0.39 is 0 Å². The highest BCUT2D eigenvalue weighted by Crippen LogP contribution is 2.29. The molecule has 0 aliphatic carbocycles. The normalized spacial score (nSPS) is 10.8. The Kier molecular flexibility index (Phi) is 7.86. The van der Waals surface area contributed by atoms with E-state index in [1.165, 1.54) is 0 Å². The van der Waals surface area contributed by atoms with Gasteiger partial charge in [0.1, 0.15) is 11.5 Å². The maximum atomic E-state index is 5.70. The highest BCUT2D eigenvalue weighted by Gasteiger charge is 2.09. The first kappa shape index (κ1) is 16.3. The second kappa shape index (κ2) is 9.18. The summed E-state index contributed by atoms with van der Waals surface area (Å²) >= 11 is 3.45. The van der Waals surface area contributed by atoms with Crippen LogP contribution in [0.2, 0.25) is 0 Å². The van der Waals surface area contributed by atoms with Crippen LogP contribution in [0.3, 0.4) is 0 Å². The molecule has 0 aliphatic heterocycles. The van der Waals surface area contributed by atoms with E-state index in [1.54, 1.807) is 7.11 Å². The maximum absolute atomic E-state index is 5.70. The maximum Gasteiger partial charge on any atom is 0.160 e. The van der Waals surface area contributed by atoms with Gasteiger partial charge in [-0.05, 0) is 48.0 Å². The van der Waals surface area contributed by atoms with Crippen LogP contribution in [0.4, 0.5) is 0 Å². The number of benzene rings is 1.